The number of nitrogens with zero attached hydrogens (tertiary/aromatic N) is 1. The molecule has 0 spiro atoms. The van der Waals surface area contributed by atoms with Crippen molar-refractivity contribution in [2.45, 2.75) is 52.5 Å². The van der Waals surface area contributed by atoms with E-state index in [0.29, 0.717) is 19.0 Å². The number of aryl methyl sites for hydroxylation is 1. The summed E-state index contributed by atoms with van der Waals surface area (Å²) in [5, 5.41) is 3.01. The zero-order valence-corrected chi connectivity index (χ0v) is 14.1. The molecule has 1 rings (SSSR count). The number of rotatable bonds is 10. The molecule has 0 heterocycles. The maximum Gasteiger partial charge on any atom is 0.220 e. The van der Waals surface area contributed by atoms with Gasteiger partial charge in [0.15, 0.2) is 0 Å². The highest BCUT2D eigenvalue weighted by Gasteiger charge is 2.10. The minimum Gasteiger partial charge on any atom is -0.355 e. The second-order valence-corrected chi connectivity index (χ2v) is 5.71. The van der Waals surface area contributed by atoms with Crippen molar-refractivity contribution in [2.75, 3.05) is 19.6 Å². The molecule has 4 heteroatoms. The highest BCUT2D eigenvalue weighted by atomic mass is 19.1. The summed E-state index contributed by atoms with van der Waals surface area (Å²) in [6.07, 6.45) is 3.27. The summed E-state index contributed by atoms with van der Waals surface area (Å²) in [7, 11) is 0. The molecule has 0 aromatic heterocycles. The maximum atomic E-state index is 12.8. The molecule has 0 radical (unpaired) electrons. The Morgan fingerprint density at radius 2 is 1.82 bits per heavy atom. The molecular weight excluding hydrogens is 279 g/mol. The molecule has 1 N–H and O–H groups in total. The van der Waals surface area contributed by atoms with Gasteiger partial charge >= 0.3 is 0 Å². The van der Waals surface area contributed by atoms with Crippen LogP contribution in [0, 0.1) is 5.82 Å². The van der Waals surface area contributed by atoms with Crippen molar-refractivity contribution in [3.63, 3.8) is 0 Å². The zero-order valence-electron chi connectivity index (χ0n) is 14.1. The first-order chi connectivity index (χ1) is 10.6. The first-order valence-electron chi connectivity index (χ1n) is 8.32. The second kappa shape index (κ2) is 10.3. The molecule has 0 bridgehead atoms. The van der Waals surface area contributed by atoms with E-state index in [2.05, 4.69) is 31.0 Å². The summed E-state index contributed by atoms with van der Waals surface area (Å²) in [5.41, 5.74) is 1.12. The minimum absolute atomic E-state index is 0.123. The van der Waals surface area contributed by atoms with Crippen molar-refractivity contribution in [2.24, 2.45) is 0 Å². The first-order valence-corrected chi connectivity index (χ1v) is 8.32. The van der Waals surface area contributed by atoms with Crippen LogP contribution in [0.3, 0.4) is 0 Å². The average molecular weight is 308 g/mol. The van der Waals surface area contributed by atoms with E-state index < -0.39 is 0 Å². The van der Waals surface area contributed by atoms with Crippen LogP contribution in [0.2, 0.25) is 0 Å². The van der Waals surface area contributed by atoms with Gasteiger partial charge in [-0.25, -0.2) is 4.39 Å². The number of hydrogen-bond acceptors (Lipinski definition) is 2. The zero-order chi connectivity index (χ0) is 16.4. The first kappa shape index (κ1) is 18.6. The molecule has 0 aliphatic rings. The van der Waals surface area contributed by atoms with Gasteiger partial charge in [0, 0.05) is 19.0 Å². The predicted molar refractivity (Wildman–Crippen MR) is 89.3 cm³/mol. The van der Waals surface area contributed by atoms with Crippen LogP contribution >= 0.6 is 0 Å². The fourth-order valence-corrected chi connectivity index (χ4v) is 2.59. The van der Waals surface area contributed by atoms with Gasteiger partial charge in [0.2, 0.25) is 5.91 Å². The summed E-state index contributed by atoms with van der Waals surface area (Å²) in [6.45, 7) is 9.13. The topological polar surface area (TPSA) is 32.3 Å². The lowest BCUT2D eigenvalue weighted by atomic mass is 10.1. The molecule has 0 saturated heterocycles. The highest BCUT2D eigenvalue weighted by molar-refractivity contribution is 5.75. The molecule has 124 valence electrons. The number of amides is 1. The SMILES string of the molecule is CCN(CC)C(C)CNC(=O)CCCCc1ccc(F)cc1. The summed E-state index contributed by atoms with van der Waals surface area (Å²) >= 11 is 0. The van der Waals surface area contributed by atoms with Gasteiger partial charge in [-0.2, -0.15) is 0 Å². The van der Waals surface area contributed by atoms with Gasteiger partial charge in [-0.3, -0.25) is 9.69 Å². The molecule has 1 aromatic rings. The molecule has 0 saturated carbocycles. The van der Waals surface area contributed by atoms with Crippen LogP contribution in [0.4, 0.5) is 4.39 Å². The lowest BCUT2D eigenvalue weighted by Gasteiger charge is -2.26. The lowest BCUT2D eigenvalue weighted by Crippen LogP contribution is -2.41. The van der Waals surface area contributed by atoms with Crippen LogP contribution in [0.1, 0.15) is 45.6 Å². The van der Waals surface area contributed by atoms with Crippen LogP contribution in [-0.4, -0.2) is 36.5 Å². The standard InChI is InChI=1S/C18H29FN2O/c1-4-21(5-2)15(3)14-20-18(22)9-7-6-8-16-10-12-17(19)13-11-16/h10-13,15H,4-9,14H2,1-3H3,(H,20,22). The Labute approximate surface area is 133 Å². The molecule has 0 aliphatic carbocycles. The number of hydrogen-bond donors (Lipinski definition) is 1. The van der Waals surface area contributed by atoms with E-state index in [4.69, 9.17) is 0 Å². The van der Waals surface area contributed by atoms with Crippen molar-refractivity contribution in [3.05, 3.63) is 35.6 Å². The smallest absolute Gasteiger partial charge is 0.220 e. The van der Waals surface area contributed by atoms with E-state index in [9.17, 15) is 9.18 Å². The molecular formula is C18H29FN2O. The Hall–Kier alpha value is -1.42. The normalized spacial score (nSPS) is 12.4. The van der Waals surface area contributed by atoms with Crippen molar-refractivity contribution in [3.8, 4) is 0 Å². The maximum absolute atomic E-state index is 12.8. The van der Waals surface area contributed by atoms with Crippen molar-refractivity contribution in [1.29, 1.82) is 0 Å². The van der Waals surface area contributed by atoms with E-state index in [1.165, 1.54) is 12.1 Å². The van der Waals surface area contributed by atoms with Crippen LogP contribution < -0.4 is 5.32 Å². The molecule has 1 unspecified atom stereocenters. The van der Waals surface area contributed by atoms with E-state index >= 15 is 0 Å². The third kappa shape index (κ3) is 7.03. The van der Waals surface area contributed by atoms with Gasteiger partial charge < -0.3 is 5.32 Å². The number of nitrogens with one attached hydrogen (secondary N) is 1. The Balaban J connectivity index is 2.14. The van der Waals surface area contributed by atoms with E-state index in [1.807, 2.05) is 0 Å². The van der Waals surface area contributed by atoms with Crippen LogP contribution in [0.25, 0.3) is 0 Å². The predicted octanol–water partition coefficient (Wildman–Crippen LogP) is 3.39. The molecule has 3 nitrogen and oxygen atoms in total. The number of halogens is 1. The van der Waals surface area contributed by atoms with Crippen LogP contribution in [0.5, 0.6) is 0 Å². The molecule has 1 amide bonds. The van der Waals surface area contributed by atoms with Gasteiger partial charge in [0.25, 0.3) is 0 Å². The molecule has 0 fully saturated rings. The van der Waals surface area contributed by atoms with Gasteiger partial charge in [0.1, 0.15) is 5.82 Å². The average Bonchev–Trinajstić information content (AvgIpc) is 2.52. The summed E-state index contributed by atoms with van der Waals surface area (Å²) in [5.74, 6) is -0.0800. The molecule has 1 atom stereocenters. The van der Waals surface area contributed by atoms with E-state index in [1.54, 1.807) is 12.1 Å². The van der Waals surface area contributed by atoms with Gasteiger partial charge in [0.05, 0.1) is 0 Å². The van der Waals surface area contributed by atoms with Crippen molar-refractivity contribution >= 4 is 5.91 Å². The minimum atomic E-state index is -0.203. The van der Waals surface area contributed by atoms with Gasteiger partial charge in [-0.1, -0.05) is 26.0 Å². The lowest BCUT2D eigenvalue weighted by molar-refractivity contribution is -0.121. The second-order valence-electron chi connectivity index (χ2n) is 5.71. The monoisotopic (exact) mass is 308 g/mol. The van der Waals surface area contributed by atoms with E-state index in [0.717, 1.165) is 37.9 Å². The van der Waals surface area contributed by atoms with Gasteiger partial charge in [-0.05, 0) is 57.0 Å². The number of carbonyl (C=O) groups is 1. The summed E-state index contributed by atoms with van der Waals surface area (Å²) in [6, 6.07) is 6.95. The Morgan fingerprint density at radius 3 is 2.41 bits per heavy atom. The largest absolute Gasteiger partial charge is 0.355 e. The summed E-state index contributed by atoms with van der Waals surface area (Å²) in [4.78, 5) is 14.2. The number of likely N-dealkylation sites (N-methyl/N-ethyl adjacent to an activating group) is 1. The third-order valence-corrected chi connectivity index (χ3v) is 4.06. The van der Waals surface area contributed by atoms with Crippen LogP contribution in [0.15, 0.2) is 24.3 Å². The molecule has 22 heavy (non-hydrogen) atoms. The van der Waals surface area contributed by atoms with Crippen molar-refractivity contribution < 1.29 is 9.18 Å². The number of benzene rings is 1. The van der Waals surface area contributed by atoms with E-state index in [-0.39, 0.29) is 11.7 Å². The molecule has 1 aromatic carbocycles. The molecule has 0 aliphatic heterocycles. The van der Waals surface area contributed by atoms with Gasteiger partial charge in [-0.15, -0.1) is 0 Å². The Kier molecular flexibility index (Phi) is 8.75. The fourth-order valence-electron chi connectivity index (χ4n) is 2.59. The summed E-state index contributed by atoms with van der Waals surface area (Å²) < 4.78 is 12.8. The number of carbonyl (C=O) groups excluding carboxylic acids is 1. The Morgan fingerprint density at radius 1 is 1.18 bits per heavy atom. The van der Waals surface area contributed by atoms with Crippen LogP contribution in [-0.2, 0) is 11.2 Å². The highest BCUT2D eigenvalue weighted by Crippen LogP contribution is 2.08. The Bertz CT molecular complexity index is 429. The number of unbranched alkanes of at least 4 members (excludes halogenated alkanes) is 1. The fraction of sp³-hybridized carbons (Fsp3) is 0.611. The quantitative estimate of drug-likeness (QED) is 0.672. The van der Waals surface area contributed by atoms with Crippen molar-refractivity contribution in [1.82, 2.24) is 10.2 Å². The third-order valence-electron chi connectivity index (χ3n) is 4.06.